The fraction of sp³-hybridized carbons (Fsp3) is 0.545. The summed E-state index contributed by atoms with van der Waals surface area (Å²) in [6.07, 6.45) is 1.65. The van der Waals surface area contributed by atoms with Crippen molar-refractivity contribution in [1.29, 1.82) is 0 Å². The lowest BCUT2D eigenvalue weighted by Crippen LogP contribution is -2.44. The molecule has 0 atom stereocenters. The number of likely N-dealkylation sites (N-methyl/N-ethyl adjacent to an activating group) is 1. The molecule has 1 N–H and O–H groups in total. The van der Waals surface area contributed by atoms with Gasteiger partial charge < -0.3 is 10.2 Å². The molecular formula is C11H18ClN3. The Labute approximate surface area is 96.5 Å². The minimum Gasteiger partial charge on any atom is -0.368 e. The summed E-state index contributed by atoms with van der Waals surface area (Å²) in [4.78, 5) is 6.36. The van der Waals surface area contributed by atoms with Crippen LogP contribution in [0, 0.1) is 0 Å². The lowest BCUT2D eigenvalue weighted by molar-refractivity contribution is 0.210. The number of rotatable bonds is 4. The van der Waals surface area contributed by atoms with E-state index in [1.54, 1.807) is 6.20 Å². The molecule has 0 unspecified atom stereocenters. The van der Waals surface area contributed by atoms with Gasteiger partial charge in [0.2, 0.25) is 0 Å². The van der Waals surface area contributed by atoms with Crippen molar-refractivity contribution < 1.29 is 0 Å². The van der Waals surface area contributed by atoms with Gasteiger partial charge in [-0.2, -0.15) is 0 Å². The number of hydrogen-bond acceptors (Lipinski definition) is 3. The highest BCUT2D eigenvalue weighted by molar-refractivity contribution is 6.30. The number of aromatic nitrogens is 1. The maximum atomic E-state index is 5.75. The van der Waals surface area contributed by atoms with Crippen LogP contribution < -0.4 is 5.32 Å². The van der Waals surface area contributed by atoms with Gasteiger partial charge in [-0.15, -0.1) is 0 Å². The molecule has 0 aliphatic rings. The number of hydrogen-bond donors (Lipinski definition) is 1. The fourth-order valence-corrected chi connectivity index (χ4v) is 1.06. The highest BCUT2D eigenvalue weighted by Crippen LogP contribution is 2.13. The molecule has 0 amide bonds. The lowest BCUT2D eigenvalue weighted by atomic mass is 10.0. The topological polar surface area (TPSA) is 28.2 Å². The Bertz CT molecular complexity index is 306. The van der Waals surface area contributed by atoms with Crippen LogP contribution in [0.1, 0.15) is 13.8 Å². The summed E-state index contributed by atoms with van der Waals surface area (Å²) in [5, 5.41) is 3.94. The van der Waals surface area contributed by atoms with Gasteiger partial charge in [-0.3, -0.25) is 0 Å². The predicted molar refractivity (Wildman–Crippen MR) is 65.5 cm³/mol. The third-order valence-corrected chi connectivity index (χ3v) is 2.86. The molecule has 1 aromatic heterocycles. The van der Waals surface area contributed by atoms with Crippen molar-refractivity contribution in [3.8, 4) is 0 Å². The Morgan fingerprint density at radius 3 is 2.53 bits per heavy atom. The maximum Gasteiger partial charge on any atom is 0.126 e. The first kappa shape index (κ1) is 12.3. The van der Waals surface area contributed by atoms with E-state index in [9.17, 15) is 0 Å². The normalized spacial score (nSPS) is 11.9. The van der Waals surface area contributed by atoms with Crippen molar-refractivity contribution in [2.75, 3.05) is 26.0 Å². The largest absolute Gasteiger partial charge is 0.368 e. The molecule has 0 fully saturated rings. The van der Waals surface area contributed by atoms with Crippen molar-refractivity contribution in [3.63, 3.8) is 0 Å². The zero-order valence-electron chi connectivity index (χ0n) is 9.71. The lowest BCUT2D eigenvalue weighted by Gasteiger charge is -2.32. The molecule has 1 heterocycles. The van der Waals surface area contributed by atoms with E-state index in [1.807, 2.05) is 12.1 Å². The highest BCUT2D eigenvalue weighted by Gasteiger charge is 2.19. The van der Waals surface area contributed by atoms with E-state index in [0.717, 1.165) is 12.4 Å². The Morgan fingerprint density at radius 2 is 2.07 bits per heavy atom. The second-order valence-corrected chi connectivity index (χ2v) is 4.86. The molecule has 0 saturated heterocycles. The van der Waals surface area contributed by atoms with Crippen LogP contribution in [-0.4, -0.2) is 36.1 Å². The minimum absolute atomic E-state index is 0.0985. The zero-order chi connectivity index (χ0) is 11.5. The molecule has 0 spiro atoms. The van der Waals surface area contributed by atoms with Crippen LogP contribution in [0.15, 0.2) is 18.3 Å². The predicted octanol–water partition coefficient (Wildman–Crippen LogP) is 2.49. The highest BCUT2D eigenvalue weighted by atomic mass is 35.5. The summed E-state index contributed by atoms with van der Waals surface area (Å²) in [5.41, 5.74) is 0.0985. The molecule has 15 heavy (non-hydrogen) atoms. The van der Waals surface area contributed by atoms with Crippen molar-refractivity contribution in [2.24, 2.45) is 0 Å². The monoisotopic (exact) mass is 227 g/mol. The molecule has 0 radical (unpaired) electrons. The maximum absolute atomic E-state index is 5.75. The summed E-state index contributed by atoms with van der Waals surface area (Å²) in [7, 11) is 4.13. The van der Waals surface area contributed by atoms with E-state index in [4.69, 9.17) is 11.6 Å². The van der Waals surface area contributed by atoms with Gasteiger partial charge in [0, 0.05) is 18.3 Å². The molecular weight excluding hydrogens is 210 g/mol. The molecule has 0 saturated carbocycles. The third-order valence-electron chi connectivity index (χ3n) is 2.64. The second kappa shape index (κ2) is 4.81. The number of nitrogens with zero attached hydrogens (tertiary/aromatic N) is 2. The Balaban J connectivity index is 2.54. The van der Waals surface area contributed by atoms with Crippen LogP contribution in [-0.2, 0) is 0 Å². The summed E-state index contributed by atoms with van der Waals surface area (Å²) in [5.74, 6) is 0.856. The standard InChI is InChI=1S/C11H18ClN3/c1-11(2,15(3)4)8-14-10-6-5-9(12)7-13-10/h5-7H,8H2,1-4H3,(H,13,14). The first-order valence-corrected chi connectivity index (χ1v) is 5.32. The van der Waals surface area contributed by atoms with E-state index < -0.39 is 0 Å². The second-order valence-electron chi connectivity index (χ2n) is 4.42. The SMILES string of the molecule is CN(C)C(C)(C)CNc1ccc(Cl)cn1. The van der Waals surface area contributed by atoms with Crippen LogP contribution in [0.2, 0.25) is 5.02 Å². The molecule has 1 aromatic rings. The van der Waals surface area contributed by atoms with Crippen LogP contribution >= 0.6 is 11.6 Å². The van der Waals surface area contributed by atoms with Gasteiger partial charge in [-0.25, -0.2) is 4.98 Å². The van der Waals surface area contributed by atoms with Gasteiger partial charge in [-0.1, -0.05) is 11.6 Å². The van der Waals surface area contributed by atoms with Crippen LogP contribution in [0.4, 0.5) is 5.82 Å². The fourth-order valence-electron chi connectivity index (χ4n) is 0.945. The minimum atomic E-state index is 0.0985. The van der Waals surface area contributed by atoms with Crippen LogP contribution in [0.5, 0.6) is 0 Å². The number of pyridine rings is 1. The average molecular weight is 228 g/mol. The van der Waals surface area contributed by atoms with Gasteiger partial charge in [0.15, 0.2) is 0 Å². The molecule has 0 aliphatic heterocycles. The van der Waals surface area contributed by atoms with Crippen molar-refractivity contribution >= 4 is 17.4 Å². The van der Waals surface area contributed by atoms with E-state index in [1.165, 1.54) is 0 Å². The summed E-state index contributed by atoms with van der Waals surface area (Å²) in [6.45, 7) is 5.19. The van der Waals surface area contributed by atoms with E-state index >= 15 is 0 Å². The average Bonchev–Trinajstić information content (AvgIpc) is 2.17. The zero-order valence-corrected chi connectivity index (χ0v) is 10.5. The van der Waals surface area contributed by atoms with Crippen LogP contribution in [0.3, 0.4) is 0 Å². The smallest absolute Gasteiger partial charge is 0.126 e. The summed E-state index contributed by atoms with van der Waals surface area (Å²) in [6, 6.07) is 3.72. The van der Waals surface area contributed by atoms with Crippen molar-refractivity contribution in [2.45, 2.75) is 19.4 Å². The summed E-state index contributed by atoms with van der Waals surface area (Å²) >= 11 is 5.75. The van der Waals surface area contributed by atoms with E-state index in [-0.39, 0.29) is 5.54 Å². The molecule has 1 rings (SSSR count). The molecule has 0 aromatic carbocycles. The Morgan fingerprint density at radius 1 is 1.40 bits per heavy atom. The van der Waals surface area contributed by atoms with Gasteiger partial charge >= 0.3 is 0 Å². The van der Waals surface area contributed by atoms with Gasteiger partial charge in [-0.05, 0) is 40.1 Å². The Kier molecular flexibility index (Phi) is 3.94. The molecule has 3 nitrogen and oxygen atoms in total. The number of nitrogens with one attached hydrogen (secondary N) is 1. The quantitative estimate of drug-likeness (QED) is 0.857. The first-order chi connectivity index (χ1) is 6.92. The third kappa shape index (κ3) is 3.68. The van der Waals surface area contributed by atoms with E-state index in [2.05, 4.69) is 43.1 Å². The van der Waals surface area contributed by atoms with E-state index in [0.29, 0.717) is 5.02 Å². The molecule has 4 heteroatoms. The summed E-state index contributed by atoms with van der Waals surface area (Å²) < 4.78 is 0. The molecule has 84 valence electrons. The van der Waals surface area contributed by atoms with Gasteiger partial charge in [0.05, 0.1) is 5.02 Å². The van der Waals surface area contributed by atoms with Crippen molar-refractivity contribution in [1.82, 2.24) is 9.88 Å². The van der Waals surface area contributed by atoms with Crippen molar-refractivity contribution in [3.05, 3.63) is 23.4 Å². The van der Waals surface area contributed by atoms with Gasteiger partial charge in [0.25, 0.3) is 0 Å². The Hall–Kier alpha value is -0.800. The molecule has 0 aliphatic carbocycles. The number of anilines is 1. The van der Waals surface area contributed by atoms with Gasteiger partial charge in [0.1, 0.15) is 5.82 Å². The molecule has 0 bridgehead atoms. The number of halogens is 1. The first-order valence-electron chi connectivity index (χ1n) is 4.95. The van der Waals surface area contributed by atoms with Crippen LogP contribution in [0.25, 0.3) is 0 Å².